The fourth-order valence-electron chi connectivity index (χ4n) is 3.15. The number of benzene rings is 1. The van der Waals surface area contributed by atoms with Crippen molar-refractivity contribution in [2.75, 3.05) is 29.7 Å². The van der Waals surface area contributed by atoms with Gasteiger partial charge in [0.05, 0.1) is 6.42 Å². The highest BCUT2D eigenvalue weighted by atomic mass is 35.5. The van der Waals surface area contributed by atoms with Crippen molar-refractivity contribution in [3.8, 4) is 0 Å². The van der Waals surface area contributed by atoms with Gasteiger partial charge in [0, 0.05) is 36.6 Å². The first-order valence-electron chi connectivity index (χ1n) is 10.9. The number of halogens is 2. The summed E-state index contributed by atoms with van der Waals surface area (Å²) in [5, 5.41) is 2.85. The molecule has 0 aliphatic rings. The van der Waals surface area contributed by atoms with Gasteiger partial charge in [-0.05, 0) is 78.1 Å². The zero-order chi connectivity index (χ0) is 24.5. The van der Waals surface area contributed by atoms with E-state index in [4.69, 9.17) is 32.7 Å². The maximum Gasteiger partial charge on any atom is 0.407 e. The lowest BCUT2D eigenvalue weighted by Gasteiger charge is -2.27. The number of hydrogen-bond donors (Lipinski definition) is 1. The number of rotatable bonds is 10. The summed E-state index contributed by atoms with van der Waals surface area (Å²) in [4.78, 5) is 27.1. The first-order valence-corrected chi connectivity index (χ1v) is 12.0. The Kier molecular flexibility index (Phi) is 11.1. The van der Waals surface area contributed by atoms with Crippen LogP contribution < -0.4 is 10.2 Å². The number of amides is 1. The topological polar surface area (TPSA) is 67.9 Å². The van der Waals surface area contributed by atoms with Gasteiger partial charge in [-0.15, -0.1) is 23.2 Å². The Morgan fingerprint density at radius 3 is 2.06 bits per heavy atom. The Hall–Kier alpha value is -1.66. The van der Waals surface area contributed by atoms with Crippen LogP contribution in [0.3, 0.4) is 0 Å². The number of alkyl carbamates (subject to hydrolysis) is 1. The minimum Gasteiger partial charge on any atom is -0.460 e. The van der Waals surface area contributed by atoms with E-state index in [9.17, 15) is 9.59 Å². The van der Waals surface area contributed by atoms with E-state index in [1.165, 1.54) is 0 Å². The van der Waals surface area contributed by atoms with Gasteiger partial charge in [-0.3, -0.25) is 4.79 Å². The van der Waals surface area contributed by atoms with Crippen LogP contribution in [-0.2, 0) is 20.7 Å². The van der Waals surface area contributed by atoms with Gasteiger partial charge in [-0.2, -0.15) is 0 Å². The molecule has 182 valence electrons. The fraction of sp³-hybridized carbons (Fsp3) is 0.667. The average Bonchev–Trinajstić information content (AvgIpc) is 2.60. The minimum atomic E-state index is -0.639. The number of hydrogen-bond acceptors (Lipinski definition) is 5. The summed E-state index contributed by atoms with van der Waals surface area (Å²) in [6, 6.07) is 5.64. The SMILES string of the molecule is Cc1ccc(N(CCCl)CCCl)cc1CC(CC(=O)OC(C)(C)C)NC(=O)OC(C)(C)C. The maximum atomic E-state index is 12.5. The van der Waals surface area contributed by atoms with Crippen molar-refractivity contribution < 1.29 is 19.1 Å². The number of aryl methyl sites for hydroxylation is 1. The van der Waals surface area contributed by atoms with Crippen LogP contribution in [0, 0.1) is 6.92 Å². The van der Waals surface area contributed by atoms with Crippen molar-refractivity contribution in [2.45, 2.75) is 78.6 Å². The van der Waals surface area contributed by atoms with E-state index in [0.717, 1.165) is 16.8 Å². The second-order valence-electron chi connectivity index (χ2n) is 9.81. The molecule has 0 fully saturated rings. The predicted molar refractivity (Wildman–Crippen MR) is 132 cm³/mol. The van der Waals surface area contributed by atoms with E-state index in [1.54, 1.807) is 20.8 Å². The van der Waals surface area contributed by atoms with Crippen LogP contribution >= 0.6 is 23.2 Å². The van der Waals surface area contributed by atoms with Gasteiger partial charge in [-0.25, -0.2) is 4.79 Å². The lowest BCUT2D eigenvalue weighted by molar-refractivity contribution is -0.155. The van der Waals surface area contributed by atoms with E-state index in [-0.39, 0.29) is 12.4 Å². The lowest BCUT2D eigenvalue weighted by Crippen LogP contribution is -2.42. The van der Waals surface area contributed by atoms with Gasteiger partial charge >= 0.3 is 12.1 Å². The molecule has 0 spiro atoms. The van der Waals surface area contributed by atoms with E-state index in [2.05, 4.69) is 16.3 Å². The van der Waals surface area contributed by atoms with Crippen molar-refractivity contribution in [1.29, 1.82) is 0 Å². The largest absolute Gasteiger partial charge is 0.460 e. The van der Waals surface area contributed by atoms with E-state index in [0.29, 0.717) is 31.3 Å². The Morgan fingerprint density at radius 1 is 1.00 bits per heavy atom. The molecule has 1 atom stereocenters. The summed E-state index contributed by atoms with van der Waals surface area (Å²) in [5.74, 6) is 0.599. The number of carbonyl (C=O) groups is 2. The van der Waals surface area contributed by atoms with Crippen molar-refractivity contribution in [2.24, 2.45) is 0 Å². The first kappa shape index (κ1) is 28.4. The average molecular weight is 489 g/mol. The van der Waals surface area contributed by atoms with Crippen LogP contribution in [0.4, 0.5) is 10.5 Å². The summed E-state index contributed by atoms with van der Waals surface area (Å²) in [7, 11) is 0. The third kappa shape index (κ3) is 11.3. The molecule has 1 N–H and O–H groups in total. The molecule has 0 bridgehead atoms. The fourth-order valence-corrected chi connectivity index (χ4v) is 3.55. The highest BCUT2D eigenvalue weighted by Crippen LogP contribution is 2.22. The normalized spacial score (nSPS) is 12.8. The van der Waals surface area contributed by atoms with Gasteiger partial charge < -0.3 is 19.7 Å². The van der Waals surface area contributed by atoms with Gasteiger partial charge in [0.2, 0.25) is 0 Å². The quantitative estimate of drug-likeness (QED) is 0.350. The molecule has 1 rings (SSSR count). The summed E-state index contributed by atoms with van der Waals surface area (Å²) in [6.45, 7) is 14.2. The monoisotopic (exact) mass is 488 g/mol. The summed E-state index contributed by atoms with van der Waals surface area (Å²) >= 11 is 11.9. The number of nitrogens with zero attached hydrogens (tertiary/aromatic N) is 1. The number of nitrogens with one attached hydrogen (secondary N) is 1. The molecule has 0 aliphatic carbocycles. The number of anilines is 1. The van der Waals surface area contributed by atoms with Gasteiger partial charge in [0.15, 0.2) is 0 Å². The highest BCUT2D eigenvalue weighted by Gasteiger charge is 2.25. The second kappa shape index (κ2) is 12.5. The molecular weight excluding hydrogens is 451 g/mol. The molecule has 0 saturated carbocycles. The van der Waals surface area contributed by atoms with Gasteiger partial charge in [-0.1, -0.05) is 6.07 Å². The van der Waals surface area contributed by atoms with Crippen LogP contribution in [0.25, 0.3) is 0 Å². The van der Waals surface area contributed by atoms with E-state index >= 15 is 0 Å². The molecule has 0 radical (unpaired) electrons. The third-order valence-electron chi connectivity index (χ3n) is 4.43. The summed E-state index contributed by atoms with van der Waals surface area (Å²) in [6.07, 6.45) is -0.0770. The van der Waals surface area contributed by atoms with Crippen LogP contribution in [0.2, 0.25) is 0 Å². The maximum absolute atomic E-state index is 12.5. The summed E-state index contributed by atoms with van der Waals surface area (Å²) < 4.78 is 10.9. The Balaban J connectivity index is 3.12. The minimum absolute atomic E-state index is 0.0350. The molecule has 32 heavy (non-hydrogen) atoms. The van der Waals surface area contributed by atoms with Crippen LogP contribution in [0.1, 0.15) is 59.1 Å². The number of carbonyl (C=O) groups excluding carboxylic acids is 2. The molecular formula is C24H38Cl2N2O4. The zero-order valence-corrected chi connectivity index (χ0v) is 21.9. The lowest BCUT2D eigenvalue weighted by atomic mass is 9.98. The second-order valence-corrected chi connectivity index (χ2v) is 10.6. The van der Waals surface area contributed by atoms with Gasteiger partial charge in [0.25, 0.3) is 0 Å². The predicted octanol–water partition coefficient (Wildman–Crippen LogP) is 5.45. The number of alkyl halides is 2. The van der Waals surface area contributed by atoms with Crippen LogP contribution in [0.15, 0.2) is 18.2 Å². The molecule has 0 aromatic heterocycles. The molecule has 0 heterocycles. The molecule has 1 unspecified atom stereocenters. The molecule has 0 aliphatic heterocycles. The molecule has 8 heteroatoms. The highest BCUT2D eigenvalue weighted by molar-refractivity contribution is 6.18. The molecule has 1 amide bonds. The van der Waals surface area contributed by atoms with Crippen molar-refractivity contribution in [3.63, 3.8) is 0 Å². The van der Waals surface area contributed by atoms with E-state index < -0.39 is 23.3 Å². The van der Waals surface area contributed by atoms with Gasteiger partial charge in [0.1, 0.15) is 11.2 Å². The summed E-state index contributed by atoms with van der Waals surface area (Å²) in [5.41, 5.74) is 1.83. The Morgan fingerprint density at radius 2 is 1.56 bits per heavy atom. The molecule has 0 saturated heterocycles. The molecule has 1 aromatic rings. The molecule has 1 aromatic carbocycles. The molecule has 6 nitrogen and oxygen atoms in total. The van der Waals surface area contributed by atoms with Crippen LogP contribution in [0.5, 0.6) is 0 Å². The van der Waals surface area contributed by atoms with E-state index in [1.807, 2.05) is 39.8 Å². The van der Waals surface area contributed by atoms with Crippen molar-refractivity contribution >= 4 is 41.0 Å². The Bertz CT molecular complexity index is 721. The third-order valence-corrected chi connectivity index (χ3v) is 4.77. The standard InChI is InChI=1S/C24H38Cl2N2O4/c1-17-8-9-20(28(12-10-25)13-11-26)15-18(17)14-19(16-21(29)31-23(2,3)4)27-22(30)32-24(5,6)7/h8-9,15,19H,10-14,16H2,1-7H3,(H,27,30). The van der Waals surface area contributed by atoms with Crippen molar-refractivity contribution in [1.82, 2.24) is 5.32 Å². The van der Waals surface area contributed by atoms with Crippen molar-refractivity contribution in [3.05, 3.63) is 29.3 Å². The number of esters is 1. The zero-order valence-electron chi connectivity index (χ0n) is 20.4. The smallest absolute Gasteiger partial charge is 0.407 e. The first-order chi connectivity index (χ1) is 14.7. The Labute approximate surface area is 202 Å². The number of ether oxygens (including phenoxy) is 2. The van der Waals surface area contributed by atoms with Crippen LogP contribution in [-0.4, -0.2) is 54.2 Å².